The topological polar surface area (TPSA) is 72.1 Å². The number of amides is 1. The first-order valence-electron chi connectivity index (χ1n) is 4.59. The Hall–Kier alpha value is -1.17. The van der Waals surface area contributed by atoms with Gasteiger partial charge in [-0.05, 0) is 12.8 Å². The van der Waals surface area contributed by atoms with E-state index in [0.29, 0.717) is 0 Å². The van der Waals surface area contributed by atoms with E-state index in [1.165, 1.54) is 11.5 Å². The fourth-order valence-corrected chi connectivity index (χ4v) is 2.26. The van der Waals surface area contributed by atoms with Gasteiger partial charge in [-0.1, -0.05) is 4.49 Å². The molecule has 0 unspecified atom stereocenters. The number of carbonyl (C=O) groups excluding carboxylic acids is 1. The number of anilines is 1. The molecule has 2 rings (SSSR count). The molecule has 76 valence electrons. The lowest BCUT2D eigenvalue weighted by Crippen LogP contribution is -2.38. The van der Waals surface area contributed by atoms with Crippen LogP contribution < -0.4 is 10.6 Å². The lowest BCUT2D eigenvalue weighted by Gasteiger charge is -2.30. The second kappa shape index (κ2) is 3.91. The molecule has 0 saturated carbocycles. The fraction of sp³-hybridized carbons (Fsp3) is 0.625. The molecule has 0 bridgehead atoms. The third-order valence-electron chi connectivity index (χ3n) is 2.56. The molecular formula is C8H12N4OS. The minimum absolute atomic E-state index is 0.0483. The monoisotopic (exact) mass is 212 g/mol. The second-order valence-electron chi connectivity index (χ2n) is 3.42. The number of carbonyl (C=O) groups is 1. The van der Waals surface area contributed by atoms with Crippen LogP contribution in [0.5, 0.6) is 0 Å². The van der Waals surface area contributed by atoms with E-state index in [9.17, 15) is 4.79 Å². The van der Waals surface area contributed by atoms with Crippen LogP contribution in [0.2, 0.25) is 0 Å². The van der Waals surface area contributed by atoms with Gasteiger partial charge in [-0.15, -0.1) is 5.10 Å². The Morgan fingerprint density at radius 1 is 1.57 bits per heavy atom. The summed E-state index contributed by atoms with van der Waals surface area (Å²) in [6.07, 6.45) is 3.44. The Kier molecular flexibility index (Phi) is 2.62. The molecule has 0 aromatic carbocycles. The van der Waals surface area contributed by atoms with Gasteiger partial charge < -0.3 is 10.6 Å². The van der Waals surface area contributed by atoms with Gasteiger partial charge in [0, 0.05) is 30.5 Å². The number of primary amides is 1. The largest absolute Gasteiger partial charge is 0.369 e. The number of nitrogens with two attached hydrogens (primary N) is 1. The van der Waals surface area contributed by atoms with E-state index in [2.05, 4.69) is 14.5 Å². The zero-order chi connectivity index (χ0) is 9.97. The van der Waals surface area contributed by atoms with Crippen molar-refractivity contribution >= 4 is 22.4 Å². The van der Waals surface area contributed by atoms with E-state index < -0.39 is 0 Å². The third kappa shape index (κ3) is 1.84. The lowest BCUT2D eigenvalue weighted by atomic mass is 9.96. The van der Waals surface area contributed by atoms with Crippen LogP contribution in [0.15, 0.2) is 6.20 Å². The summed E-state index contributed by atoms with van der Waals surface area (Å²) in [7, 11) is 0. The summed E-state index contributed by atoms with van der Waals surface area (Å²) in [5.41, 5.74) is 5.25. The van der Waals surface area contributed by atoms with Gasteiger partial charge >= 0.3 is 0 Å². The molecule has 1 aliphatic heterocycles. The normalized spacial score (nSPS) is 18.4. The summed E-state index contributed by atoms with van der Waals surface area (Å²) in [5, 5.41) is 4.86. The number of hydrogen-bond acceptors (Lipinski definition) is 5. The molecule has 1 aliphatic rings. The van der Waals surface area contributed by atoms with Gasteiger partial charge in [0.25, 0.3) is 0 Å². The van der Waals surface area contributed by atoms with E-state index in [4.69, 9.17) is 5.73 Å². The Morgan fingerprint density at radius 2 is 2.29 bits per heavy atom. The van der Waals surface area contributed by atoms with Crippen molar-refractivity contribution in [3.63, 3.8) is 0 Å². The molecule has 1 amide bonds. The minimum atomic E-state index is -0.174. The molecule has 1 saturated heterocycles. The molecule has 14 heavy (non-hydrogen) atoms. The van der Waals surface area contributed by atoms with Crippen LogP contribution in [0, 0.1) is 5.92 Å². The van der Waals surface area contributed by atoms with Crippen molar-refractivity contribution in [3.05, 3.63) is 6.20 Å². The zero-order valence-electron chi connectivity index (χ0n) is 7.72. The van der Waals surface area contributed by atoms with Crippen molar-refractivity contribution in [3.8, 4) is 0 Å². The smallest absolute Gasteiger partial charge is 0.220 e. The van der Waals surface area contributed by atoms with Crippen molar-refractivity contribution in [2.45, 2.75) is 12.8 Å². The highest BCUT2D eigenvalue weighted by Crippen LogP contribution is 2.24. The number of hydrogen-bond donors (Lipinski definition) is 1. The molecule has 1 fully saturated rings. The number of rotatable bonds is 2. The summed E-state index contributed by atoms with van der Waals surface area (Å²) >= 11 is 1.39. The highest BCUT2D eigenvalue weighted by molar-refractivity contribution is 7.09. The van der Waals surface area contributed by atoms with E-state index >= 15 is 0 Å². The average Bonchev–Trinajstić information content (AvgIpc) is 2.71. The molecule has 1 aromatic rings. The molecule has 2 heterocycles. The van der Waals surface area contributed by atoms with E-state index in [0.717, 1.165) is 30.9 Å². The maximum atomic E-state index is 10.9. The van der Waals surface area contributed by atoms with E-state index in [-0.39, 0.29) is 11.8 Å². The quantitative estimate of drug-likeness (QED) is 0.762. The molecule has 0 atom stereocenters. The van der Waals surface area contributed by atoms with Crippen LogP contribution in [0.3, 0.4) is 0 Å². The molecule has 0 spiro atoms. The van der Waals surface area contributed by atoms with Gasteiger partial charge in [-0.2, -0.15) is 0 Å². The summed E-state index contributed by atoms with van der Waals surface area (Å²) in [6.45, 7) is 1.74. The average molecular weight is 212 g/mol. The van der Waals surface area contributed by atoms with Crippen molar-refractivity contribution < 1.29 is 4.79 Å². The summed E-state index contributed by atoms with van der Waals surface area (Å²) in [5.74, 6) is -0.126. The maximum Gasteiger partial charge on any atom is 0.220 e. The Labute approximate surface area is 86.1 Å². The third-order valence-corrected chi connectivity index (χ3v) is 3.29. The Bertz CT molecular complexity index is 305. The van der Waals surface area contributed by atoms with Gasteiger partial charge in [0.05, 0.1) is 6.20 Å². The van der Waals surface area contributed by atoms with Gasteiger partial charge in [0.15, 0.2) is 0 Å². The SMILES string of the molecule is NC(=O)C1CCN(c2cnns2)CC1. The predicted molar refractivity (Wildman–Crippen MR) is 54.0 cm³/mol. The molecule has 1 aromatic heterocycles. The van der Waals surface area contributed by atoms with Crippen molar-refractivity contribution in [1.82, 2.24) is 9.59 Å². The Morgan fingerprint density at radius 3 is 2.79 bits per heavy atom. The Balaban J connectivity index is 1.93. The van der Waals surface area contributed by atoms with E-state index in [1.54, 1.807) is 6.20 Å². The molecular weight excluding hydrogens is 200 g/mol. The predicted octanol–water partition coefficient (Wildman–Crippen LogP) is 0.240. The maximum absolute atomic E-state index is 10.9. The van der Waals surface area contributed by atoms with E-state index in [1.807, 2.05) is 0 Å². The molecule has 0 radical (unpaired) electrons. The van der Waals surface area contributed by atoms with Crippen LogP contribution in [0.25, 0.3) is 0 Å². The van der Waals surface area contributed by atoms with Gasteiger partial charge in [0.1, 0.15) is 5.00 Å². The van der Waals surface area contributed by atoms with Crippen molar-refractivity contribution in [1.29, 1.82) is 0 Å². The summed E-state index contributed by atoms with van der Waals surface area (Å²) in [6, 6.07) is 0. The minimum Gasteiger partial charge on any atom is -0.369 e. The highest BCUT2D eigenvalue weighted by atomic mass is 32.1. The first-order chi connectivity index (χ1) is 6.77. The van der Waals surface area contributed by atoms with Crippen LogP contribution >= 0.6 is 11.5 Å². The van der Waals surface area contributed by atoms with Crippen LogP contribution in [0.4, 0.5) is 5.00 Å². The van der Waals surface area contributed by atoms with Gasteiger partial charge in [0.2, 0.25) is 5.91 Å². The van der Waals surface area contributed by atoms with Crippen molar-refractivity contribution in [2.24, 2.45) is 11.7 Å². The summed E-state index contributed by atoms with van der Waals surface area (Å²) in [4.78, 5) is 13.1. The van der Waals surface area contributed by atoms with Crippen LogP contribution in [-0.4, -0.2) is 28.6 Å². The van der Waals surface area contributed by atoms with Crippen LogP contribution in [0.1, 0.15) is 12.8 Å². The molecule has 2 N–H and O–H groups in total. The number of nitrogens with zero attached hydrogens (tertiary/aromatic N) is 3. The first kappa shape index (κ1) is 9.39. The van der Waals surface area contributed by atoms with Crippen LogP contribution in [-0.2, 0) is 4.79 Å². The number of aromatic nitrogens is 2. The zero-order valence-corrected chi connectivity index (χ0v) is 8.54. The standard InChI is InChI=1S/C8H12N4OS/c9-8(13)6-1-3-12(4-2-6)7-5-10-11-14-7/h5-6H,1-4H2,(H2,9,13). The molecule has 6 heteroatoms. The second-order valence-corrected chi connectivity index (χ2v) is 4.18. The number of piperidine rings is 1. The van der Waals surface area contributed by atoms with Crippen molar-refractivity contribution in [2.75, 3.05) is 18.0 Å². The first-order valence-corrected chi connectivity index (χ1v) is 5.36. The van der Waals surface area contributed by atoms with Gasteiger partial charge in [-0.25, -0.2) is 0 Å². The van der Waals surface area contributed by atoms with Gasteiger partial charge in [-0.3, -0.25) is 4.79 Å². The summed E-state index contributed by atoms with van der Waals surface area (Å²) < 4.78 is 3.81. The molecule has 0 aliphatic carbocycles. The lowest BCUT2D eigenvalue weighted by molar-refractivity contribution is -0.122. The fourth-order valence-electron chi connectivity index (χ4n) is 1.69. The highest BCUT2D eigenvalue weighted by Gasteiger charge is 2.23. The molecule has 5 nitrogen and oxygen atoms in total.